The Hall–Kier alpha value is -1.08. The maximum Gasteiger partial charge on any atom is 0.224 e. The fourth-order valence-corrected chi connectivity index (χ4v) is 3.49. The number of hydrogen-bond donors (Lipinski definition) is 1. The van der Waals surface area contributed by atoms with Crippen LogP contribution in [0.25, 0.3) is 0 Å². The minimum absolute atomic E-state index is 0. The van der Waals surface area contributed by atoms with Crippen LogP contribution in [-0.2, 0) is 11.3 Å². The Kier molecular flexibility index (Phi) is 9.64. The van der Waals surface area contributed by atoms with E-state index in [0.717, 1.165) is 44.7 Å². The van der Waals surface area contributed by atoms with Crippen molar-refractivity contribution in [2.45, 2.75) is 31.8 Å². The second-order valence-corrected chi connectivity index (χ2v) is 6.62. The van der Waals surface area contributed by atoms with Gasteiger partial charge >= 0.3 is 0 Å². The molecule has 8 heteroatoms. The van der Waals surface area contributed by atoms with Gasteiger partial charge in [-0.3, -0.25) is 9.69 Å². The standard InChI is InChI=1S/C18H26FN3O2.2ClH/c1-24-17-5-4-14(11-16(17)19)13-21-7-9-22(10-8-21)18(23)12-15-3-2-6-20-15;;/h4-5,11,15,20H,2-3,6-10,12-13H2,1H3;2*1H. The van der Waals surface area contributed by atoms with Gasteiger partial charge in [-0.05, 0) is 37.1 Å². The Bertz CT molecular complexity index is 578. The summed E-state index contributed by atoms with van der Waals surface area (Å²) >= 11 is 0. The van der Waals surface area contributed by atoms with Crippen molar-refractivity contribution >= 4 is 30.7 Å². The van der Waals surface area contributed by atoms with Gasteiger partial charge in [0.1, 0.15) is 0 Å². The summed E-state index contributed by atoms with van der Waals surface area (Å²) in [5, 5.41) is 3.38. The van der Waals surface area contributed by atoms with E-state index in [9.17, 15) is 9.18 Å². The van der Waals surface area contributed by atoms with Gasteiger partial charge in [-0.25, -0.2) is 4.39 Å². The van der Waals surface area contributed by atoms with Gasteiger partial charge in [0.25, 0.3) is 0 Å². The molecule has 1 unspecified atom stereocenters. The number of rotatable bonds is 5. The zero-order valence-electron chi connectivity index (χ0n) is 15.1. The van der Waals surface area contributed by atoms with Crippen molar-refractivity contribution in [2.24, 2.45) is 0 Å². The molecule has 2 fully saturated rings. The average molecular weight is 408 g/mol. The Labute approximate surface area is 167 Å². The molecule has 0 saturated carbocycles. The molecule has 0 aliphatic carbocycles. The van der Waals surface area contributed by atoms with E-state index >= 15 is 0 Å². The molecule has 2 aliphatic heterocycles. The number of amides is 1. The summed E-state index contributed by atoms with van der Waals surface area (Å²) < 4.78 is 18.7. The second kappa shape index (κ2) is 10.9. The van der Waals surface area contributed by atoms with Crippen LogP contribution in [0.5, 0.6) is 5.75 Å². The lowest BCUT2D eigenvalue weighted by atomic mass is 10.1. The third kappa shape index (κ3) is 5.98. The Balaban J connectivity index is 0.00000169. The van der Waals surface area contributed by atoms with E-state index in [0.29, 0.717) is 19.0 Å². The molecule has 1 aromatic rings. The molecule has 0 radical (unpaired) electrons. The number of hydrogen-bond acceptors (Lipinski definition) is 4. The number of nitrogens with one attached hydrogen (secondary N) is 1. The molecule has 3 rings (SSSR count). The lowest BCUT2D eigenvalue weighted by molar-refractivity contribution is -0.133. The van der Waals surface area contributed by atoms with Crippen molar-refractivity contribution in [1.82, 2.24) is 15.1 Å². The molecule has 1 aromatic carbocycles. The lowest BCUT2D eigenvalue weighted by Crippen LogP contribution is -2.49. The van der Waals surface area contributed by atoms with Crippen LogP contribution in [-0.4, -0.2) is 61.6 Å². The van der Waals surface area contributed by atoms with Crippen molar-refractivity contribution in [2.75, 3.05) is 39.8 Å². The van der Waals surface area contributed by atoms with Crippen LogP contribution in [0.1, 0.15) is 24.8 Å². The van der Waals surface area contributed by atoms with Gasteiger partial charge in [0, 0.05) is 45.2 Å². The highest BCUT2D eigenvalue weighted by Crippen LogP contribution is 2.19. The molecule has 2 heterocycles. The molecule has 0 spiro atoms. The minimum atomic E-state index is -0.326. The molecule has 1 amide bonds. The fraction of sp³-hybridized carbons (Fsp3) is 0.611. The van der Waals surface area contributed by atoms with Crippen LogP contribution in [0, 0.1) is 5.82 Å². The van der Waals surface area contributed by atoms with E-state index in [-0.39, 0.29) is 42.3 Å². The minimum Gasteiger partial charge on any atom is -0.494 e. The van der Waals surface area contributed by atoms with Gasteiger partial charge in [-0.15, -0.1) is 24.8 Å². The first kappa shape index (κ1) is 23.0. The van der Waals surface area contributed by atoms with Crippen molar-refractivity contribution in [3.8, 4) is 5.75 Å². The molecule has 1 atom stereocenters. The van der Waals surface area contributed by atoms with Crippen LogP contribution in [0.4, 0.5) is 4.39 Å². The summed E-state index contributed by atoms with van der Waals surface area (Å²) in [4.78, 5) is 16.6. The van der Waals surface area contributed by atoms with Crippen molar-refractivity contribution in [1.29, 1.82) is 0 Å². The smallest absolute Gasteiger partial charge is 0.224 e. The van der Waals surface area contributed by atoms with Gasteiger partial charge in [0.15, 0.2) is 11.6 Å². The third-order valence-corrected chi connectivity index (χ3v) is 4.93. The number of carbonyl (C=O) groups excluding carboxylic acids is 1. The summed E-state index contributed by atoms with van der Waals surface area (Å²) in [7, 11) is 1.47. The highest BCUT2D eigenvalue weighted by atomic mass is 35.5. The lowest BCUT2D eigenvalue weighted by Gasteiger charge is -2.35. The number of piperazine rings is 1. The predicted molar refractivity (Wildman–Crippen MR) is 105 cm³/mol. The molecule has 5 nitrogen and oxygen atoms in total. The number of methoxy groups -OCH3 is 1. The third-order valence-electron chi connectivity index (χ3n) is 4.93. The van der Waals surface area contributed by atoms with Crippen LogP contribution >= 0.6 is 24.8 Å². The molecule has 2 saturated heterocycles. The molecular weight excluding hydrogens is 380 g/mol. The molecule has 148 valence electrons. The van der Waals surface area contributed by atoms with Crippen molar-refractivity contribution in [3.05, 3.63) is 29.6 Å². The highest BCUT2D eigenvalue weighted by Gasteiger charge is 2.24. The summed E-state index contributed by atoms with van der Waals surface area (Å²) in [6, 6.07) is 5.45. The maximum absolute atomic E-state index is 13.8. The topological polar surface area (TPSA) is 44.8 Å². The number of halogens is 3. The van der Waals surface area contributed by atoms with E-state index in [1.54, 1.807) is 6.07 Å². The number of ether oxygens (including phenoxy) is 1. The van der Waals surface area contributed by atoms with Crippen LogP contribution < -0.4 is 10.1 Å². The number of nitrogens with zero attached hydrogens (tertiary/aromatic N) is 2. The van der Waals surface area contributed by atoms with E-state index in [4.69, 9.17) is 4.74 Å². The summed E-state index contributed by atoms with van der Waals surface area (Å²) in [6.45, 7) is 4.90. The zero-order chi connectivity index (χ0) is 16.9. The van der Waals surface area contributed by atoms with Gasteiger partial charge in [-0.1, -0.05) is 6.07 Å². The summed E-state index contributed by atoms with van der Waals surface area (Å²) in [5.74, 6) is 0.201. The van der Waals surface area contributed by atoms with Crippen LogP contribution in [0.2, 0.25) is 0 Å². The SMILES string of the molecule is COc1ccc(CN2CCN(C(=O)CC3CCCN3)CC2)cc1F.Cl.Cl. The van der Waals surface area contributed by atoms with Crippen LogP contribution in [0.15, 0.2) is 18.2 Å². The summed E-state index contributed by atoms with van der Waals surface area (Å²) in [5.41, 5.74) is 0.934. The van der Waals surface area contributed by atoms with Gasteiger partial charge in [0.05, 0.1) is 7.11 Å². The molecular formula is C18H28Cl2FN3O2. The van der Waals surface area contributed by atoms with Gasteiger partial charge < -0.3 is 15.0 Å². The largest absolute Gasteiger partial charge is 0.494 e. The first-order valence-electron chi connectivity index (χ1n) is 8.71. The van der Waals surface area contributed by atoms with Gasteiger partial charge in [0.2, 0.25) is 5.91 Å². The van der Waals surface area contributed by atoms with E-state index in [1.807, 2.05) is 11.0 Å². The average Bonchev–Trinajstić information content (AvgIpc) is 3.08. The first-order chi connectivity index (χ1) is 11.7. The Morgan fingerprint density at radius 2 is 2.00 bits per heavy atom. The Morgan fingerprint density at radius 1 is 1.27 bits per heavy atom. The second-order valence-electron chi connectivity index (χ2n) is 6.62. The zero-order valence-corrected chi connectivity index (χ0v) is 16.7. The molecule has 0 bridgehead atoms. The number of benzene rings is 1. The summed E-state index contributed by atoms with van der Waals surface area (Å²) in [6.07, 6.45) is 2.89. The predicted octanol–water partition coefficient (Wildman–Crippen LogP) is 2.46. The highest BCUT2D eigenvalue weighted by molar-refractivity contribution is 5.85. The molecule has 2 aliphatic rings. The van der Waals surface area contributed by atoms with E-state index in [2.05, 4.69) is 10.2 Å². The molecule has 1 N–H and O–H groups in total. The van der Waals surface area contributed by atoms with Crippen molar-refractivity contribution in [3.63, 3.8) is 0 Å². The van der Waals surface area contributed by atoms with Gasteiger partial charge in [-0.2, -0.15) is 0 Å². The molecule has 0 aromatic heterocycles. The first-order valence-corrected chi connectivity index (χ1v) is 8.71. The van der Waals surface area contributed by atoms with E-state index < -0.39 is 0 Å². The Morgan fingerprint density at radius 3 is 2.58 bits per heavy atom. The monoisotopic (exact) mass is 407 g/mol. The fourth-order valence-electron chi connectivity index (χ4n) is 3.49. The molecule has 26 heavy (non-hydrogen) atoms. The van der Waals surface area contributed by atoms with Crippen molar-refractivity contribution < 1.29 is 13.9 Å². The van der Waals surface area contributed by atoms with Crippen LogP contribution in [0.3, 0.4) is 0 Å². The maximum atomic E-state index is 13.8. The normalized spacial score (nSPS) is 20.2. The number of carbonyl (C=O) groups is 1. The quantitative estimate of drug-likeness (QED) is 0.813. The van der Waals surface area contributed by atoms with E-state index in [1.165, 1.54) is 19.6 Å².